The molecule has 0 bridgehead atoms. The van der Waals surface area contributed by atoms with Gasteiger partial charge in [-0.1, -0.05) is 30.7 Å². The van der Waals surface area contributed by atoms with Crippen molar-refractivity contribution < 1.29 is 9.90 Å². The van der Waals surface area contributed by atoms with Crippen molar-refractivity contribution in [3.8, 4) is 0 Å². The number of nitrogens with one attached hydrogen (secondary N) is 1. The molecule has 1 aromatic carbocycles. The number of hydrogen-bond donors (Lipinski definition) is 2. The first-order chi connectivity index (χ1) is 8.03. The quantitative estimate of drug-likeness (QED) is 0.887. The summed E-state index contributed by atoms with van der Waals surface area (Å²) in [5.74, 6) is -0.247. The Hall–Kier alpha value is -0.870. The van der Waals surface area contributed by atoms with E-state index in [4.69, 9.17) is 11.6 Å². The maximum atomic E-state index is 11.5. The van der Waals surface area contributed by atoms with E-state index in [0.717, 1.165) is 0 Å². The fourth-order valence-corrected chi connectivity index (χ4v) is 3.47. The predicted octanol–water partition coefficient (Wildman–Crippen LogP) is 3.10. The van der Waals surface area contributed by atoms with Crippen molar-refractivity contribution in [2.24, 2.45) is 0 Å². The van der Waals surface area contributed by atoms with E-state index in [1.54, 1.807) is 23.9 Å². The number of anilines is 1. The van der Waals surface area contributed by atoms with Crippen LogP contribution >= 0.6 is 23.4 Å². The third-order valence-electron chi connectivity index (χ3n) is 2.91. The number of thioether (sulfide) groups is 1. The van der Waals surface area contributed by atoms with Crippen LogP contribution < -0.4 is 5.32 Å². The molecule has 0 spiro atoms. The van der Waals surface area contributed by atoms with Gasteiger partial charge >= 0.3 is 5.97 Å². The number of halogens is 1. The molecule has 2 atom stereocenters. The Kier molecular flexibility index (Phi) is 3.54. The smallest absolute Gasteiger partial charge is 0.330 e. The Bertz CT molecular complexity index is 440. The molecule has 1 aromatic rings. The zero-order valence-electron chi connectivity index (χ0n) is 9.44. The number of aliphatic carboxylic acids is 1. The van der Waals surface area contributed by atoms with Crippen LogP contribution in [0.4, 0.5) is 5.69 Å². The third-order valence-corrected chi connectivity index (χ3v) is 4.63. The molecule has 17 heavy (non-hydrogen) atoms. The van der Waals surface area contributed by atoms with Gasteiger partial charge in [0.15, 0.2) is 0 Å². The first-order valence-electron chi connectivity index (χ1n) is 5.41. The van der Waals surface area contributed by atoms with E-state index in [1.807, 2.05) is 19.1 Å². The summed E-state index contributed by atoms with van der Waals surface area (Å²) in [5.41, 5.74) is -0.207. The molecule has 1 saturated heterocycles. The number of benzene rings is 1. The summed E-state index contributed by atoms with van der Waals surface area (Å²) in [6.45, 7) is 2.05. The highest BCUT2D eigenvalue weighted by molar-refractivity contribution is 8.00. The first kappa shape index (κ1) is 12.6. The molecular weight excluding hydrogens is 258 g/mol. The maximum Gasteiger partial charge on any atom is 0.330 e. The fourth-order valence-electron chi connectivity index (χ4n) is 2.00. The summed E-state index contributed by atoms with van der Waals surface area (Å²) >= 11 is 7.71. The monoisotopic (exact) mass is 271 g/mol. The second-order valence-electron chi connectivity index (χ2n) is 4.32. The molecule has 0 radical (unpaired) electrons. The zero-order chi connectivity index (χ0) is 12.5. The van der Waals surface area contributed by atoms with Crippen molar-refractivity contribution in [2.45, 2.75) is 24.1 Å². The third kappa shape index (κ3) is 2.53. The van der Waals surface area contributed by atoms with Crippen LogP contribution in [0.3, 0.4) is 0 Å². The average Bonchev–Trinajstić information content (AvgIpc) is 2.65. The Balaban J connectivity index is 2.26. The molecule has 0 amide bonds. The van der Waals surface area contributed by atoms with E-state index in [-0.39, 0.29) is 0 Å². The molecular formula is C12H14ClNO2S. The van der Waals surface area contributed by atoms with Crippen molar-refractivity contribution in [2.75, 3.05) is 11.1 Å². The van der Waals surface area contributed by atoms with E-state index in [1.165, 1.54) is 0 Å². The van der Waals surface area contributed by atoms with Gasteiger partial charge in [-0.15, -0.1) is 0 Å². The van der Waals surface area contributed by atoms with Gasteiger partial charge in [0, 0.05) is 11.0 Å². The van der Waals surface area contributed by atoms with E-state index < -0.39 is 11.5 Å². The summed E-state index contributed by atoms with van der Waals surface area (Å²) in [6, 6.07) is 7.23. The second-order valence-corrected chi connectivity index (χ2v) is 6.15. The minimum Gasteiger partial charge on any atom is -0.479 e. The van der Waals surface area contributed by atoms with Crippen LogP contribution in [0.2, 0.25) is 5.02 Å². The lowest BCUT2D eigenvalue weighted by Crippen LogP contribution is -2.46. The van der Waals surface area contributed by atoms with Gasteiger partial charge in [-0.3, -0.25) is 0 Å². The number of carboxylic acid groups (broad SMARTS) is 1. The average molecular weight is 272 g/mol. The highest BCUT2D eigenvalue weighted by Crippen LogP contribution is 2.38. The number of para-hydroxylation sites is 1. The Labute approximate surface area is 110 Å². The van der Waals surface area contributed by atoms with Gasteiger partial charge in [0.1, 0.15) is 5.54 Å². The number of carboxylic acids is 1. The Morgan fingerprint density at radius 3 is 2.82 bits per heavy atom. The van der Waals surface area contributed by atoms with Crippen LogP contribution in [-0.4, -0.2) is 27.6 Å². The fraction of sp³-hybridized carbons (Fsp3) is 0.417. The van der Waals surface area contributed by atoms with Crippen molar-refractivity contribution in [1.29, 1.82) is 0 Å². The van der Waals surface area contributed by atoms with Crippen LogP contribution in [0.15, 0.2) is 24.3 Å². The molecule has 0 aliphatic carbocycles. The maximum absolute atomic E-state index is 11.5. The van der Waals surface area contributed by atoms with Crippen molar-refractivity contribution >= 4 is 35.0 Å². The summed E-state index contributed by atoms with van der Waals surface area (Å²) in [5, 5.41) is 13.4. The van der Waals surface area contributed by atoms with E-state index in [9.17, 15) is 9.90 Å². The molecule has 1 heterocycles. The van der Waals surface area contributed by atoms with E-state index in [2.05, 4.69) is 5.32 Å². The number of rotatable bonds is 3. The van der Waals surface area contributed by atoms with Crippen LogP contribution in [0.1, 0.15) is 13.3 Å². The van der Waals surface area contributed by atoms with Crippen molar-refractivity contribution in [3.05, 3.63) is 29.3 Å². The minimum atomic E-state index is -0.894. The highest BCUT2D eigenvalue weighted by atomic mass is 35.5. The van der Waals surface area contributed by atoms with E-state index in [0.29, 0.717) is 28.1 Å². The second kappa shape index (κ2) is 4.78. The lowest BCUT2D eigenvalue weighted by atomic mass is 9.96. The Morgan fingerprint density at radius 2 is 2.29 bits per heavy atom. The van der Waals surface area contributed by atoms with Crippen molar-refractivity contribution in [3.63, 3.8) is 0 Å². The molecule has 0 saturated carbocycles. The predicted molar refractivity (Wildman–Crippen MR) is 72.0 cm³/mol. The van der Waals surface area contributed by atoms with Gasteiger partial charge < -0.3 is 10.4 Å². The van der Waals surface area contributed by atoms with Gasteiger partial charge in [-0.2, -0.15) is 11.8 Å². The van der Waals surface area contributed by atoms with Gasteiger partial charge in [-0.25, -0.2) is 4.79 Å². The first-order valence-corrected chi connectivity index (χ1v) is 6.84. The zero-order valence-corrected chi connectivity index (χ0v) is 11.0. The Morgan fingerprint density at radius 1 is 1.59 bits per heavy atom. The summed E-state index contributed by atoms with van der Waals surface area (Å²) in [4.78, 5) is 11.5. The van der Waals surface area contributed by atoms with Crippen LogP contribution in [0.5, 0.6) is 0 Å². The summed E-state index contributed by atoms with van der Waals surface area (Å²) in [6.07, 6.45) is 0.609. The van der Waals surface area contributed by atoms with Crippen LogP contribution in [0, 0.1) is 0 Å². The standard InChI is InChI=1S/C12H14ClNO2S/c1-8-6-12(7-17-8,11(15)16)14-10-5-3-2-4-9(10)13/h2-5,8,14H,6-7H2,1H3,(H,15,16). The molecule has 1 aliphatic rings. The topological polar surface area (TPSA) is 49.3 Å². The van der Waals surface area contributed by atoms with Gasteiger partial charge in [0.25, 0.3) is 0 Å². The SMILES string of the molecule is CC1CC(Nc2ccccc2Cl)(C(=O)O)CS1. The van der Waals surface area contributed by atoms with E-state index >= 15 is 0 Å². The molecule has 92 valence electrons. The lowest BCUT2D eigenvalue weighted by molar-refractivity contribution is -0.141. The van der Waals surface area contributed by atoms with Gasteiger partial charge in [0.05, 0.1) is 10.7 Å². The van der Waals surface area contributed by atoms with Gasteiger partial charge in [0.2, 0.25) is 0 Å². The molecule has 2 rings (SSSR count). The highest BCUT2D eigenvalue weighted by Gasteiger charge is 2.45. The molecule has 0 aromatic heterocycles. The lowest BCUT2D eigenvalue weighted by Gasteiger charge is -2.26. The van der Waals surface area contributed by atoms with Crippen LogP contribution in [-0.2, 0) is 4.79 Å². The van der Waals surface area contributed by atoms with Crippen molar-refractivity contribution in [1.82, 2.24) is 0 Å². The minimum absolute atomic E-state index is 0.348. The van der Waals surface area contributed by atoms with Gasteiger partial charge in [-0.05, 0) is 18.6 Å². The van der Waals surface area contributed by atoms with Crippen LogP contribution in [0.25, 0.3) is 0 Å². The molecule has 1 aliphatic heterocycles. The molecule has 5 heteroatoms. The largest absolute Gasteiger partial charge is 0.479 e. The number of hydrogen-bond acceptors (Lipinski definition) is 3. The molecule has 2 unspecified atom stereocenters. The summed E-state index contributed by atoms with van der Waals surface area (Å²) < 4.78 is 0. The number of carbonyl (C=O) groups is 1. The normalized spacial score (nSPS) is 28.0. The molecule has 3 nitrogen and oxygen atoms in total. The molecule has 1 fully saturated rings. The summed E-state index contributed by atoms with van der Waals surface area (Å²) in [7, 11) is 0. The molecule has 2 N–H and O–H groups in total.